The van der Waals surface area contributed by atoms with Crippen molar-refractivity contribution in [3.63, 3.8) is 0 Å². The Kier molecular flexibility index (Phi) is 5.17. The molecule has 1 aromatic rings. The second-order valence-electron chi connectivity index (χ2n) is 8.80. The monoisotopic (exact) mass is 388 g/mol. The molecule has 0 aliphatic heterocycles. The molecule has 7 heteroatoms. The van der Waals surface area contributed by atoms with Crippen LogP contribution in [0.5, 0.6) is 0 Å². The Morgan fingerprint density at radius 1 is 1.18 bits per heavy atom. The Bertz CT molecular complexity index is 707. The first kappa shape index (κ1) is 19.0. The van der Waals surface area contributed by atoms with Crippen LogP contribution in [0.2, 0.25) is 0 Å². The number of nitrogens with one attached hydrogen (secondary N) is 2. The molecule has 4 saturated carbocycles. The lowest BCUT2D eigenvalue weighted by Crippen LogP contribution is -2.61. The fourth-order valence-electron chi connectivity index (χ4n) is 5.71. The molecule has 1 atom stereocenters. The third-order valence-corrected chi connectivity index (χ3v) is 6.46. The lowest BCUT2D eigenvalue weighted by Gasteiger charge is -2.57. The first-order valence-electron chi connectivity index (χ1n) is 10.3. The van der Waals surface area contributed by atoms with Gasteiger partial charge in [0.25, 0.3) is 11.8 Å². The minimum atomic E-state index is -0.832. The lowest BCUT2D eigenvalue weighted by molar-refractivity contribution is -0.156. The Morgan fingerprint density at radius 2 is 1.82 bits per heavy atom. The van der Waals surface area contributed by atoms with Crippen molar-refractivity contribution in [2.75, 3.05) is 6.54 Å². The second-order valence-corrected chi connectivity index (χ2v) is 8.80. The van der Waals surface area contributed by atoms with E-state index in [0.29, 0.717) is 0 Å². The topological polar surface area (TPSA) is 97.6 Å². The summed E-state index contributed by atoms with van der Waals surface area (Å²) in [5.41, 5.74) is -0.0937. The predicted molar refractivity (Wildman–Crippen MR) is 100 cm³/mol. The van der Waals surface area contributed by atoms with Gasteiger partial charge in [0.05, 0.1) is 12.7 Å². The molecule has 0 radical (unpaired) electrons. The molecule has 4 fully saturated rings. The van der Waals surface area contributed by atoms with E-state index in [4.69, 9.17) is 9.15 Å². The fraction of sp³-hybridized carbons (Fsp3) is 0.667. The van der Waals surface area contributed by atoms with Crippen LogP contribution >= 0.6 is 0 Å². The highest BCUT2D eigenvalue weighted by Crippen LogP contribution is 2.55. The van der Waals surface area contributed by atoms with E-state index in [2.05, 4.69) is 10.6 Å². The maximum Gasteiger partial charge on any atom is 0.308 e. The summed E-state index contributed by atoms with van der Waals surface area (Å²) >= 11 is 0. The Morgan fingerprint density at radius 3 is 2.39 bits per heavy atom. The third kappa shape index (κ3) is 4.08. The minimum absolute atomic E-state index is 0.00142. The van der Waals surface area contributed by atoms with Crippen LogP contribution in [0.4, 0.5) is 0 Å². The van der Waals surface area contributed by atoms with Crippen LogP contribution in [-0.4, -0.2) is 36.0 Å². The van der Waals surface area contributed by atoms with E-state index in [1.165, 1.54) is 25.5 Å². The zero-order valence-electron chi connectivity index (χ0n) is 16.2. The van der Waals surface area contributed by atoms with Gasteiger partial charge in [0.15, 0.2) is 11.9 Å². The number of hydrogen-bond acceptors (Lipinski definition) is 5. The summed E-state index contributed by atoms with van der Waals surface area (Å²) in [7, 11) is 0. The van der Waals surface area contributed by atoms with Gasteiger partial charge in [-0.1, -0.05) is 0 Å². The zero-order valence-corrected chi connectivity index (χ0v) is 16.2. The molecule has 5 rings (SSSR count). The number of hydrogen-bond donors (Lipinski definition) is 2. The van der Waals surface area contributed by atoms with Crippen molar-refractivity contribution in [2.45, 2.75) is 63.5 Å². The summed E-state index contributed by atoms with van der Waals surface area (Å²) in [6, 6.07) is 3.16. The average molecular weight is 388 g/mol. The van der Waals surface area contributed by atoms with Gasteiger partial charge < -0.3 is 19.8 Å². The first-order valence-corrected chi connectivity index (χ1v) is 10.3. The fourth-order valence-corrected chi connectivity index (χ4v) is 5.71. The van der Waals surface area contributed by atoms with E-state index < -0.39 is 12.1 Å². The van der Waals surface area contributed by atoms with Crippen LogP contribution in [-0.2, 0) is 14.3 Å². The highest BCUT2D eigenvalue weighted by Gasteiger charge is 2.51. The maximum absolute atomic E-state index is 12.6. The predicted octanol–water partition coefficient (Wildman–Crippen LogP) is 2.42. The summed E-state index contributed by atoms with van der Waals surface area (Å²) in [5, 5.41) is 5.81. The molecule has 1 aromatic heterocycles. The molecule has 0 aromatic carbocycles. The summed E-state index contributed by atoms with van der Waals surface area (Å²) < 4.78 is 10.3. The van der Waals surface area contributed by atoms with E-state index in [9.17, 15) is 14.4 Å². The van der Waals surface area contributed by atoms with E-state index in [1.807, 2.05) is 0 Å². The molecule has 4 aliphatic carbocycles. The molecule has 2 N–H and O–H groups in total. The molecule has 0 spiro atoms. The molecule has 152 valence electrons. The average Bonchev–Trinajstić information content (AvgIpc) is 3.14. The van der Waals surface area contributed by atoms with Crippen LogP contribution in [0.15, 0.2) is 22.8 Å². The van der Waals surface area contributed by atoms with Crippen molar-refractivity contribution in [3.8, 4) is 0 Å². The Labute approximate surface area is 164 Å². The minimum Gasteiger partial charge on any atom is -0.459 e. The molecule has 2 amide bonds. The zero-order chi connectivity index (χ0) is 19.7. The quantitative estimate of drug-likeness (QED) is 0.699. The van der Waals surface area contributed by atoms with Gasteiger partial charge in [-0.3, -0.25) is 14.4 Å². The van der Waals surface area contributed by atoms with E-state index in [0.717, 1.165) is 37.0 Å². The number of carbonyl (C=O) groups is 3. The largest absolute Gasteiger partial charge is 0.459 e. The molecular formula is C21H28N2O5. The van der Waals surface area contributed by atoms with Crippen LogP contribution in [0.3, 0.4) is 0 Å². The van der Waals surface area contributed by atoms with Gasteiger partial charge in [-0.15, -0.1) is 0 Å². The lowest BCUT2D eigenvalue weighted by atomic mass is 9.53. The molecule has 1 heterocycles. The van der Waals surface area contributed by atoms with Crippen LogP contribution in [0.1, 0.15) is 62.4 Å². The van der Waals surface area contributed by atoms with Crippen LogP contribution < -0.4 is 10.6 Å². The summed E-state index contributed by atoms with van der Waals surface area (Å²) in [6.45, 7) is 1.73. The van der Waals surface area contributed by atoms with E-state index in [1.54, 1.807) is 19.1 Å². The third-order valence-electron chi connectivity index (χ3n) is 6.46. The van der Waals surface area contributed by atoms with Gasteiger partial charge in [0, 0.05) is 12.1 Å². The highest BCUT2D eigenvalue weighted by atomic mass is 16.5. The number of esters is 1. The number of carbonyl (C=O) groups excluding carboxylic acids is 3. The molecular weight excluding hydrogens is 360 g/mol. The van der Waals surface area contributed by atoms with Gasteiger partial charge in [-0.05, 0) is 75.3 Å². The molecule has 7 nitrogen and oxygen atoms in total. The van der Waals surface area contributed by atoms with E-state index in [-0.39, 0.29) is 36.1 Å². The molecule has 4 bridgehead atoms. The number of furan rings is 1. The Hall–Kier alpha value is -2.31. The van der Waals surface area contributed by atoms with Gasteiger partial charge in [0.1, 0.15) is 0 Å². The van der Waals surface area contributed by atoms with Crippen LogP contribution in [0.25, 0.3) is 0 Å². The molecule has 0 saturated heterocycles. The first-order chi connectivity index (χ1) is 13.4. The molecule has 28 heavy (non-hydrogen) atoms. The molecule has 1 unspecified atom stereocenters. The highest BCUT2D eigenvalue weighted by molar-refractivity contribution is 5.91. The van der Waals surface area contributed by atoms with Crippen molar-refractivity contribution in [2.24, 2.45) is 17.8 Å². The molecule has 4 aliphatic rings. The number of rotatable bonds is 7. The maximum atomic E-state index is 12.6. The Balaban J connectivity index is 1.21. The summed E-state index contributed by atoms with van der Waals surface area (Å²) in [4.78, 5) is 36.4. The van der Waals surface area contributed by atoms with Crippen molar-refractivity contribution in [1.82, 2.24) is 10.6 Å². The number of ether oxygens (including phenoxy) is 1. The summed E-state index contributed by atoms with van der Waals surface area (Å²) in [6.07, 6.45) is 7.69. The van der Waals surface area contributed by atoms with Gasteiger partial charge in [-0.2, -0.15) is 0 Å². The van der Waals surface area contributed by atoms with Gasteiger partial charge in [-0.25, -0.2) is 0 Å². The second kappa shape index (κ2) is 7.60. The SMILES string of the molecule is CC(OC(=O)CCNC(=O)c1ccco1)C(=O)NC12CC3CC(CC(C3)C1)C2. The van der Waals surface area contributed by atoms with Crippen molar-refractivity contribution < 1.29 is 23.5 Å². The van der Waals surface area contributed by atoms with Crippen LogP contribution in [0, 0.1) is 17.8 Å². The van der Waals surface area contributed by atoms with Gasteiger partial charge >= 0.3 is 5.97 Å². The van der Waals surface area contributed by atoms with Crippen molar-refractivity contribution >= 4 is 17.8 Å². The smallest absolute Gasteiger partial charge is 0.308 e. The number of amides is 2. The van der Waals surface area contributed by atoms with Crippen molar-refractivity contribution in [3.05, 3.63) is 24.2 Å². The van der Waals surface area contributed by atoms with E-state index >= 15 is 0 Å². The summed E-state index contributed by atoms with van der Waals surface area (Å²) in [5.74, 6) is 1.30. The normalized spacial score (nSPS) is 31.2. The standard InChI is InChI=1S/C21H28N2O5/c1-13(28-18(24)4-5-22-20(26)17-3-2-6-27-17)19(25)23-21-10-14-7-15(11-21)9-16(8-14)12-21/h2-3,6,13-16H,4-5,7-12H2,1H3,(H,22,26)(H,23,25). The van der Waals surface area contributed by atoms with Crippen molar-refractivity contribution in [1.29, 1.82) is 0 Å². The van der Waals surface area contributed by atoms with Gasteiger partial charge in [0.2, 0.25) is 0 Å².